The van der Waals surface area contributed by atoms with E-state index in [9.17, 15) is 19.5 Å². The number of nitrogens with zero attached hydrogens (tertiary/aromatic N) is 1. The fourth-order valence-corrected chi connectivity index (χ4v) is 3.06. The van der Waals surface area contributed by atoms with E-state index in [4.69, 9.17) is 4.74 Å². The van der Waals surface area contributed by atoms with Gasteiger partial charge in [0.2, 0.25) is 11.8 Å². The predicted molar refractivity (Wildman–Crippen MR) is 120 cm³/mol. The fraction of sp³-hybridized carbons (Fsp3) is 0.609. The molecule has 8 nitrogen and oxygen atoms in total. The lowest BCUT2D eigenvalue weighted by Crippen LogP contribution is -2.49. The van der Waals surface area contributed by atoms with E-state index >= 15 is 0 Å². The van der Waals surface area contributed by atoms with Crippen LogP contribution in [-0.4, -0.2) is 59.8 Å². The first-order valence-electron chi connectivity index (χ1n) is 10.7. The second-order valence-corrected chi connectivity index (χ2v) is 8.57. The normalized spacial score (nSPS) is 12.1. The first-order valence-corrected chi connectivity index (χ1v) is 10.7. The summed E-state index contributed by atoms with van der Waals surface area (Å²) in [6.45, 7) is 10.8. The van der Waals surface area contributed by atoms with Crippen molar-refractivity contribution in [3.05, 3.63) is 34.9 Å². The summed E-state index contributed by atoms with van der Waals surface area (Å²) in [4.78, 5) is 39.4. The van der Waals surface area contributed by atoms with Crippen LogP contribution in [-0.2, 0) is 14.3 Å². The topological polar surface area (TPSA) is 108 Å². The summed E-state index contributed by atoms with van der Waals surface area (Å²) in [7, 11) is 0. The zero-order chi connectivity index (χ0) is 23.6. The van der Waals surface area contributed by atoms with E-state index in [0.29, 0.717) is 12.1 Å². The predicted octanol–water partition coefficient (Wildman–Crippen LogP) is 2.61. The average molecular weight is 436 g/mol. The fourth-order valence-electron chi connectivity index (χ4n) is 3.06. The molecular weight excluding hydrogens is 398 g/mol. The molecule has 0 fully saturated rings. The average Bonchev–Trinajstić information content (AvgIpc) is 2.67. The smallest absolute Gasteiger partial charge is 0.408 e. The largest absolute Gasteiger partial charge is 0.444 e. The highest BCUT2D eigenvalue weighted by Crippen LogP contribution is 2.26. The van der Waals surface area contributed by atoms with Gasteiger partial charge in [-0.1, -0.05) is 37.1 Å². The van der Waals surface area contributed by atoms with Crippen molar-refractivity contribution in [2.75, 3.05) is 26.2 Å². The van der Waals surface area contributed by atoms with E-state index in [2.05, 4.69) is 10.6 Å². The van der Waals surface area contributed by atoms with Gasteiger partial charge in [-0.2, -0.15) is 0 Å². The van der Waals surface area contributed by atoms with Crippen LogP contribution in [0.15, 0.2) is 18.2 Å². The lowest BCUT2D eigenvalue weighted by atomic mass is 9.96. The van der Waals surface area contributed by atoms with Crippen molar-refractivity contribution in [1.82, 2.24) is 15.5 Å². The second kappa shape index (κ2) is 12.3. The van der Waals surface area contributed by atoms with Crippen LogP contribution in [0, 0.1) is 13.8 Å². The Kier molecular flexibility index (Phi) is 10.5. The molecule has 0 aromatic heterocycles. The summed E-state index contributed by atoms with van der Waals surface area (Å²) < 4.78 is 5.17. The lowest BCUT2D eigenvalue weighted by Gasteiger charge is -2.32. The molecule has 1 rings (SSSR count). The molecule has 0 saturated carbocycles. The second-order valence-electron chi connectivity index (χ2n) is 8.57. The number of aliphatic hydroxyl groups is 1. The van der Waals surface area contributed by atoms with Crippen molar-refractivity contribution in [3.8, 4) is 0 Å². The van der Waals surface area contributed by atoms with Crippen LogP contribution in [0.25, 0.3) is 0 Å². The number of benzene rings is 1. The number of amides is 3. The van der Waals surface area contributed by atoms with E-state index in [-0.39, 0.29) is 25.6 Å². The molecule has 1 atom stereocenters. The lowest BCUT2D eigenvalue weighted by molar-refractivity contribution is -0.140. The molecule has 1 aromatic carbocycles. The minimum Gasteiger partial charge on any atom is -0.444 e. The number of unbranched alkanes of at least 4 members (excludes halogenated alkanes) is 1. The number of nitrogens with one attached hydrogen (secondary N) is 2. The Morgan fingerprint density at radius 3 is 2.42 bits per heavy atom. The Bertz CT molecular complexity index is 758. The maximum absolute atomic E-state index is 13.1. The van der Waals surface area contributed by atoms with Crippen molar-refractivity contribution in [2.45, 2.75) is 66.0 Å². The zero-order valence-electron chi connectivity index (χ0n) is 19.6. The molecule has 8 heteroatoms. The van der Waals surface area contributed by atoms with Gasteiger partial charge in [-0.25, -0.2) is 4.79 Å². The van der Waals surface area contributed by atoms with Gasteiger partial charge in [0.25, 0.3) is 0 Å². The standard InChI is InChI=1S/C23H37N3O5/c1-7-8-11-24-21(29)20(18-14-16(2)9-10-17(18)3)26(12-13-27)19(28)15-25-22(30)31-23(4,5)6/h9-10,14,20,27H,7-8,11-13,15H2,1-6H3,(H,24,29)(H,25,30). The van der Waals surface area contributed by atoms with Crippen LogP contribution in [0.1, 0.15) is 63.3 Å². The number of aliphatic hydroxyl groups excluding tert-OH is 1. The van der Waals surface area contributed by atoms with E-state index in [0.717, 1.165) is 24.0 Å². The molecular formula is C23H37N3O5. The van der Waals surface area contributed by atoms with E-state index in [1.165, 1.54) is 4.90 Å². The van der Waals surface area contributed by atoms with Crippen molar-refractivity contribution < 1.29 is 24.2 Å². The van der Waals surface area contributed by atoms with Gasteiger partial charge in [-0.05, 0) is 52.2 Å². The summed E-state index contributed by atoms with van der Waals surface area (Å²) >= 11 is 0. The molecule has 0 heterocycles. The summed E-state index contributed by atoms with van der Waals surface area (Å²) in [5, 5.41) is 14.9. The number of aryl methyl sites for hydroxylation is 2. The third kappa shape index (κ3) is 8.96. The summed E-state index contributed by atoms with van der Waals surface area (Å²) in [5.74, 6) is -0.808. The van der Waals surface area contributed by atoms with Gasteiger partial charge in [0.15, 0.2) is 0 Å². The van der Waals surface area contributed by atoms with Crippen LogP contribution in [0.2, 0.25) is 0 Å². The zero-order valence-corrected chi connectivity index (χ0v) is 19.6. The molecule has 0 spiro atoms. The first-order chi connectivity index (χ1) is 14.5. The molecule has 3 amide bonds. The summed E-state index contributed by atoms with van der Waals surface area (Å²) in [6.07, 6.45) is 1.02. The van der Waals surface area contributed by atoms with Crippen LogP contribution >= 0.6 is 0 Å². The number of alkyl carbamates (subject to hydrolysis) is 1. The van der Waals surface area contributed by atoms with Gasteiger partial charge in [0, 0.05) is 13.1 Å². The van der Waals surface area contributed by atoms with Gasteiger partial charge in [-0.3, -0.25) is 9.59 Å². The number of rotatable bonds is 10. The Balaban J connectivity index is 3.16. The molecule has 1 aromatic rings. The first kappa shape index (κ1) is 26.4. The molecule has 0 bridgehead atoms. The third-order valence-electron chi connectivity index (χ3n) is 4.56. The van der Waals surface area contributed by atoms with Crippen molar-refractivity contribution in [2.24, 2.45) is 0 Å². The van der Waals surface area contributed by atoms with Crippen LogP contribution in [0.3, 0.4) is 0 Å². The molecule has 0 aliphatic heterocycles. The van der Waals surface area contributed by atoms with Gasteiger partial charge in [-0.15, -0.1) is 0 Å². The number of carbonyl (C=O) groups is 3. The third-order valence-corrected chi connectivity index (χ3v) is 4.56. The van der Waals surface area contributed by atoms with E-state index in [1.807, 2.05) is 39.0 Å². The number of hydrogen-bond acceptors (Lipinski definition) is 5. The molecule has 0 aliphatic rings. The SMILES string of the molecule is CCCCNC(=O)C(c1cc(C)ccc1C)N(CCO)C(=O)CNC(=O)OC(C)(C)C. The van der Waals surface area contributed by atoms with Crippen LogP contribution < -0.4 is 10.6 Å². The molecule has 174 valence electrons. The Labute approximate surface area is 185 Å². The Hall–Kier alpha value is -2.61. The highest BCUT2D eigenvalue weighted by Gasteiger charge is 2.32. The van der Waals surface area contributed by atoms with Gasteiger partial charge in [0.1, 0.15) is 18.2 Å². The van der Waals surface area contributed by atoms with E-state index in [1.54, 1.807) is 20.8 Å². The van der Waals surface area contributed by atoms with Gasteiger partial charge >= 0.3 is 6.09 Å². The summed E-state index contributed by atoms with van der Waals surface area (Å²) in [6, 6.07) is 4.79. The number of ether oxygens (including phenoxy) is 1. The molecule has 3 N–H and O–H groups in total. The van der Waals surface area contributed by atoms with Crippen molar-refractivity contribution >= 4 is 17.9 Å². The maximum atomic E-state index is 13.1. The highest BCUT2D eigenvalue weighted by molar-refractivity contribution is 5.90. The molecule has 0 aliphatic carbocycles. The molecule has 1 unspecified atom stereocenters. The monoisotopic (exact) mass is 435 g/mol. The van der Waals surface area contributed by atoms with Crippen LogP contribution in [0.4, 0.5) is 4.79 Å². The quantitative estimate of drug-likeness (QED) is 0.490. The highest BCUT2D eigenvalue weighted by atomic mass is 16.6. The van der Waals surface area contributed by atoms with E-state index < -0.39 is 23.6 Å². The summed E-state index contributed by atoms with van der Waals surface area (Å²) in [5.41, 5.74) is 1.80. The van der Waals surface area contributed by atoms with Crippen LogP contribution in [0.5, 0.6) is 0 Å². The minimum absolute atomic E-state index is 0.0475. The maximum Gasteiger partial charge on any atom is 0.408 e. The van der Waals surface area contributed by atoms with Crippen molar-refractivity contribution in [1.29, 1.82) is 0 Å². The molecule has 31 heavy (non-hydrogen) atoms. The van der Waals surface area contributed by atoms with Gasteiger partial charge in [0.05, 0.1) is 6.61 Å². The number of hydrogen-bond donors (Lipinski definition) is 3. The molecule has 0 radical (unpaired) electrons. The minimum atomic E-state index is -0.920. The molecule has 0 saturated heterocycles. The van der Waals surface area contributed by atoms with Crippen molar-refractivity contribution in [3.63, 3.8) is 0 Å². The number of carbonyl (C=O) groups excluding carboxylic acids is 3. The Morgan fingerprint density at radius 2 is 1.84 bits per heavy atom. The Morgan fingerprint density at radius 1 is 1.16 bits per heavy atom. The van der Waals surface area contributed by atoms with Gasteiger partial charge < -0.3 is 25.4 Å².